The Morgan fingerprint density at radius 3 is 2.29 bits per heavy atom. The highest BCUT2D eigenvalue weighted by Gasteiger charge is 2.18. The largest absolute Gasteiger partial charge is 0.455 e. The van der Waals surface area contributed by atoms with Crippen LogP contribution < -0.4 is 16.1 Å². The summed E-state index contributed by atoms with van der Waals surface area (Å²) >= 11 is 0. The zero-order valence-electron chi connectivity index (χ0n) is 19.3. The molecule has 3 aromatic carbocycles. The van der Waals surface area contributed by atoms with Crippen LogP contribution in [0.3, 0.4) is 0 Å². The van der Waals surface area contributed by atoms with E-state index in [1.807, 2.05) is 56.3 Å². The molecule has 172 valence electrons. The number of anilines is 1. The minimum atomic E-state index is -0.339. The maximum absolute atomic E-state index is 13.0. The SMILES string of the molecule is Cc1c(-c2ccccc2)oc2c(C(=O)NCc3ccc(NC(=O)C(C)C)cc3)cccc2c1=O. The highest BCUT2D eigenvalue weighted by atomic mass is 16.3. The van der Waals surface area contributed by atoms with Gasteiger partial charge in [-0.2, -0.15) is 0 Å². The predicted octanol–water partition coefficient (Wildman–Crippen LogP) is 5.29. The number of fused-ring (bicyclic) bond motifs is 1. The van der Waals surface area contributed by atoms with Gasteiger partial charge in [-0.25, -0.2) is 0 Å². The lowest BCUT2D eigenvalue weighted by Gasteiger charge is -2.11. The van der Waals surface area contributed by atoms with Crippen LogP contribution in [0.25, 0.3) is 22.3 Å². The first-order valence-corrected chi connectivity index (χ1v) is 11.1. The molecule has 4 rings (SSSR count). The topological polar surface area (TPSA) is 88.4 Å². The van der Waals surface area contributed by atoms with Crippen LogP contribution in [0, 0.1) is 12.8 Å². The van der Waals surface area contributed by atoms with E-state index in [1.165, 1.54) is 0 Å². The van der Waals surface area contributed by atoms with Crippen molar-refractivity contribution in [2.75, 3.05) is 5.32 Å². The molecule has 0 aliphatic heterocycles. The monoisotopic (exact) mass is 454 g/mol. The molecule has 34 heavy (non-hydrogen) atoms. The Morgan fingerprint density at radius 1 is 0.912 bits per heavy atom. The maximum atomic E-state index is 13.0. The van der Waals surface area contributed by atoms with Crippen molar-refractivity contribution in [3.05, 3.63) is 99.7 Å². The number of carbonyl (C=O) groups excluding carboxylic acids is 2. The molecule has 0 aliphatic rings. The number of benzene rings is 3. The smallest absolute Gasteiger partial charge is 0.255 e. The Bertz CT molecular complexity index is 1400. The molecule has 0 atom stereocenters. The Kier molecular flexibility index (Phi) is 6.59. The van der Waals surface area contributed by atoms with Crippen molar-refractivity contribution in [3.8, 4) is 11.3 Å². The predicted molar refractivity (Wildman–Crippen MR) is 134 cm³/mol. The van der Waals surface area contributed by atoms with E-state index in [4.69, 9.17) is 4.42 Å². The third kappa shape index (κ3) is 4.76. The third-order valence-corrected chi connectivity index (χ3v) is 5.62. The number of carbonyl (C=O) groups is 2. The van der Waals surface area contributed by atoms with Crippen molar-refractivity contribution >= 4 is 28.5 Å². The number of rotatable bonds is 6. The van der Waals surface area contributed by atoms with Gasteiger partial charge < -0.3 is 15.1 Å². The highest BCUT2D eigenvalue weighted by molar-refractivity contribution is 6.05. The highest BCUT2D eigenvalue weighted by Crippen LogP contribution is 2.27. The van der Waals surface area contributed by atoms with Crippen molar-refractivity contribution in [1.82, 2.24) is 5.32 Å². The van der Waals surface area contributed by atoms with E-state index >= 15 is 0 Å². The molecule has 0 saturated heterocycles. The lowest BCUT2D eigenvalue weighted by molar-refractivity contribution is -0.118. The standard InChI is InChI=1S/C28H26N2O4/c1-17(2)27(32)30-21-14-12-19(13-15-21)16-29-28(33)23-11-7-10-22-24(31)18(3)25(34-26(22)23)20-8-5-4-6-9-20/h4-15,17H,16H2,1-3H3,(H,29,33)(H,30,32). The van der Waals surface area contributed by atoms with Crippen LogP contribution in [-0.4, -0.2) is 11.8 Å². The maximum Gasteiger partial charge on any atom is 0.255 e. The van der Waals surface area contributed by atoms with Gasteiger partial charge in [0.05, 0.1) is 10.9 Å². The van der Waals surface area contributed by atoms with E-state index in [-0.39, 0.29) is 35.3 Å². The normalized spacial score (nSPS) is 10.9. The number of hydrogen-bond donors (Lipinski definition) is 2. The van der Waals surface area contributed by atoms with Crippen LogP contribution in [0.2, 0.25) is 0 Å². The van der Waals surface area contributed by atoms with Crippen molar-refractivity contribution in [2.45, 2.75) is 27.3 Å². The molecule has 6 heteroatoms. The summed E-state index contributed by atoms with van der Waals surface area (Å²) in [6.45, 7) is 5.68. The summed E-state index contributed by atoms with van der Waals surface area (Å²) in [7, 11) is 0. The first kappa shape index (κ1) is 23.0. The van der Waals surface area contributed by atoms with Crippen LogP contribution in [0.1, 0.15) is 35.3 Å². The quantitative estimate of drug-likeness (QED) is 0.414. The molecule has 0 unspecified atom stereocenters. The van der Waals surface area contributed by atoms with E-state index < -0.39 is 0 Å². The minimum Gasteiger partial charge on any atom is -0.455 e. The van der Waals surface area contributed by atoms with Crippen LogP contribution in [-0.2, 0) is 11.3 Å². The van der Waals surface area contributed by atoms with Gasteiger partial charge in [0.2, 0.25) is 5.91 Å². The molecule has 0 saturated carbocycles. The summed E-state index contributed by atoms with van der Waals surface area (Å²) in [5.74, 6) is -0.0410. The Balaban J connectivity index is 1.58. The van der Waals surface area contributed by atoms with Gasteiger partial charge >= 0.3 is 0 Å². The molecule has 0 spiro atoms. The minimum absolute atomic E-state index is 0.0522. The Labute approximate surface area is 197 Å². The van der Waals surface area contributed by atoms with Crippen molar-refractivity contribution in [2.24, 2.45) is 5.92 Å². The zero-order valence-corrected chi connectivity index (χ0v) is 19.3. The molecular formula is C28H26N2O4. The van der Waals surface area contributed by atoms with E-state index in [9.17, 15) is 14.4 Å². The molecule has 1 aromatic heterocycles. The Morgan fingerprint density at radius 2 is 1.62 bits per heavy atom. The van der Waals surface area contributed by atoms with Gasteiger partial charge in [-0.05, 0) is 36.8 Å². The zero-order chi connectivity index (χ0) is 24.2. The van der Waals surface area contributed by atoms with E-state index in [0.29, 0.717) is 28.0 Å². The van der Waals surface area contributed by atoms with Gasteiger partial charge in [-0.15, -0.1) is 0 Å². The number of hydrogen-bond acceptors (Lipinski definition) is 4. The van der Waals surface area contributed by atoms with Gasteiger partial charge in [-0.1, -0.05) is 62.4 Å². The molecule has 4 aromatic rings. The van der Waals surface area contributed by atoms with Gasteiger partial charge in [0.25, 0.3) is 5.91 Å². The molecule has 2 N–H and O–H groups in total. The number of nitrogens with one attached hydrogen (secondary N) is 2. The molecule has 0 bridgehead atoms. The molecule has 0 fully saturated rings. The first-order valence-electron chi connectivity index (χ1n) is 11.1. The second-order valence-corrected chi connectivity index (χ2v) is 8.46. The molecule has 1 heterocycles. The Hall–Kier alpha value is -4.19. The summed E-state index contributed by atoms with van der Waals surface area (Å²) in [6, 6.07) is 21.7. The summed E-state index contributed by atoms with van der Waals surface area (Å²) in [6.07, 6.45) is 0. The van der Waals surface area contributed by atoms with E-state index in [0.717, 1.165) is 11.1 Å². The molecular weight excluding hydrogens is 428 g/mol. The first-order chi connectivity index (χ1) is 16.3. The fourth-order valence-electron chi connectivity index (χ4n) is 3.62. The van der Waals surface area contributed by atoms with Crippen LogP contribution >= 0.6 is 0 Å². The summed E-state index contributed by atoms with van der Waals surface area (Å²) < 4.78 is 6.13. The van der Waals surface area contributed by atoms with Crippen LogP contribution in [0.5, 0.6) is 0 Å². The van der Waals surface area contributed by atoms with E-state index in [2.05, 4.69) is 10.6 Å². The summed E-state index contributed by atoms with van der Waals surface area (Å²) in [5, 5.41) is 6.10. The molecule has 0 radical (unpaired) electrons. The van der Waals surface area contributed by atoms with Gasteiger partial charge in [0.1, 0.15) is 5.76 Å². The molecule has 2 amide bonds. The average molecular weight is 455 g/mol. The van der Waals surface area contributed by atoms with Gasteiger partial charge in [-0.3, -0.25) is 14.4 Å². The molecule has 6 nitrogen and oxygen atoms in total. The molecule has 0 aliphatic carbocycles. The second-order valence-electron chi connectivity index (χ2n) is 8.46. The summed E-state index contributed by atoms with van der Waals surface area (Å²) in [5.41, 5.74) is 3.26. The fraction of sp³-hybridized carbons (Fsp3) is 0.179. The third-order valence-electron chi connectivity index (χ3n) is 5.62. The van der Waals surface area contributed by atoms with Crippen LogP contribution in [0.15, 0.2) is 82.0 Å². The van der Waals surface area contributed by atoms with Crippen LogP contribution in [0.4, 0.5) is 5.69 Å². The number of para-hydroxylation sites is 1. The van der Waals surface area contributed by atoms with Crippen molar-refractivity contribution in [3.63, 3.8) is 0 Å². The summed E-state index contributed by atoms with van der Waals surface area (Å²) in [4.78, 5) is 37.9. The fourth-order valence-corrected chi connectivity index (χ4v) is 3.62. The van der Waals surface area contributed by atoms with Crippen molar-refractivity contribution in [1.29, 1.82) is 0 Å². The van der Waals surface area contributed by atoms with E-state index in [1.54, 1.807) is 37.3 Å². The second kappa shape index (κ2) is 9.75. The number of amides is 2. The van der Waals surface area contributed by atoms with Gasteiger partial charge in [0, 0.05) is 29.3 Å². The van der Waals surface area contributed by atoms with Gasteiger partial charge in [0.15, 0.2) is 11.0 Å². The average Bonchev–Trinajstić information content (AvgIpc) is 2.85. The van der Waals surface area contributed by atoms with Crippen molar-refractivity contribution < 1.29 is 14.0 Å². The lowest BCUT2D eigenvalue weighted by atomic mass is 10.0. The lowest BCUT2D eigenvalue weighted by Crippen LogP contribution is -2.23.